The van der Waals surface area contributed by atoms with Gasteiger partial charge in [-0.05, 0) is 41.2 Å². The Kier molecular flexibility index (Phi) is 5.75. The Labute approximate surface area is 181 Å². The van der Waals surface area contributed by atoms with Gasteiger partial charge in [0.25, 0.3) is 11.1 Å². The number of halogens is 1. The first-order valence-electron chi connectivity index (χ1n) is 8.74. The molecule has 0 fully saturated rings. The summed E-state index contributed by atoms with van der Waals surface area (Å²) in [5.41, 5.74) is 2.60. The predicted octanol–water partition coefficient (Wildman–Crippen LogP) is 4.19. The molecule has 0 saturated carbocycles. The summed E-state index contributed by atoms with van der Waals surface area (Å²) in [5, 5.41) is 11.9. The number of carbonyl (C=O) groups is 1. The van der Waals surface area contributed by atoms with Crippen molar-refractivity contribution in [3.05, 3.63) is 82.9 Å². The normalized spacial score (nSPS) is 10.4. The Morgan fingerprint density at radius 2 is 2.00 bits per heavy atom. The van der Waals surface area contributed by atoms with E-state index in [-0.39, 0.29) is 5.91 Å². The van der Waals surface area contributed by atoms with E-state index >= 15 is 0 Å². The summed E-state index contributed by atoms with van der Waals surface area (Å²) in [6.07, 6.45) is 8.56. The number of ether oxygens (including phenoxy) is 1. The Bertz CT molecular complexity index is 1230. The van der Waals surface area contributed by atoms with E-state index < -0.39 is 0 Å². The highest BCUT2D eigenvalue weighted by Crippen LogP contribution is 2.24. The van der Waals surface area contributed by atoms with Crippen LogP contribution >= 0.6 is 22.9 Å². The average molecular weight is 436 g/mol. The SMILES string of the molecule is C#Cc1ccccc1-n1cncc1C(=O)Nc1nnc(OCc2ccc(Cl)cc2)s1. The third-order valence-corrected chi connectivity index (χ3v) is 5.10. The summed E-state index contributed by atoms with van der Waals surface area (Å²) in [7, 11) is 0. The minimum absolute atomic E-state index is 0.309. The van der Waals surface area contributed by atoms with Gasteiger partial charge in [-0.1, -0.05) is 46.9 Å². The maximum Gasteiger partial charge on any atom is 0.296 e. The molecule has 0 saturated heterocycles. The lowest BCUT2D eigenvalue weighted by molar-refractivity contribution is 0.102. The van der Waals surface area contributed by atoms with Crippen LogP contribution in [-0.4, -0.2) is 25.7 Å². The van der Waals surface area contributed by atoms with Crippen molar-refractivity contribution in [1.82, 2.24) is 19.7 Å². The first kappa shape index (κ1) is 19.6. The number of terminal acetylenes is 1. The fraction of sp³-hybridized carbons (Fsp3) is 0.0476. The van der Waals surface area contributed by atoms with Crippen molar-refractivity contribution in [2.24, 2.45) is 0 Å². The molecule has 0 aliphatic heterocycles. The summed E-state index contributed by atoms with van der Waals surface area (Å²) < 4.78 is 7.25. The Hall–Kier alpha value is -3.67. The molecule has 1 N–H and O–H groups in total. The van der Waals surface area contributed by atoms with E-state index in [0.29, 0.717) is 38.9 Å². The molecule has 0 atom stereocenters. The number of aromatic nitrogens is 4. The maximum atomic E-state index is 12.8. The first-order chi connectivity index (χ1) is 14.6. The number of rotatable bonds is 6. The highest BCUT2D eigenvalue weighted by molar-refractivity contribution is 7.17. The first-order valence-corrected chi connectivity index (χ1v) is 9.94. The van der Waals surface area contributed by atoms with Crippen molar-refractivity contribution in [2.75, 3.05) is 5.32 Å². The molecule has 1 amide bonds. The van der Waals surface area contributed by atoms with Gasteiger partial charge >= 0.3 is 0 Å². The number of nitrogens with zero attached hydrogens (tertiary/aromatic N) is 4. The van der Waals surface area contributed by atoms with Crippen LogP contribution in [-0.2, 0) is 6.61 Å². The zero-order valence-corrected chi connectivity index (χ0v) is 17.0. The molecule has 148 valence electrons. The average Bonchev–Trinajstić information content (AvgIpc) is 3.43. The van der Waals surface area contributed by atoms with Crippen LogP contribution in [0.3, 0.4) is 0 Å². The molecule has 0 bridgehead atoms. The molecule has 4 aromatic rings. The number of para-hydroxylation sites is 1. The van der Waals surface area contributed by atoms with Crippen molar-refractivity contribution in [2.45, 2.75) is 6.61 Å². The minimum atomic E-state index is -0.389. The quantitative estimate of drug-likeness (QED) is 0.459. The third-order valence-electron chi connectivity index (χ3n) is 4.09. The third kappa shape index (κ3) is 4.33. The van der Waals surface area contributed by atoms with Crippen molar-refractivity contribution in [3.63, 3.8) is 0 Å². The maximum absolute atomic E-state index is 12.8. The molecular formula is C21H14ClN5O2S. The number of benzene rings is 2. The summed E-state index contributed by atoms with van der Waals surface area (Å²) in [5.74, 6) is 2.22. The monoisotopic (exact) mass is 435 g/mol. The van der Waals surface area contributed by atoms with Crippen molar-refractivity contribution in [1.29, 1.82) is 0 Å². The molecule has 0 unspecified atom stereocenters. The largest absolute Gasteiger partial charge is 0.464 e. The Morgan fingerprint density at radius 1 is 1.20 bits per heavy atom. The smallest absolute Gasteiger partial charge is 0.296 e. The molecule has 4 rings (SSSR count). The van der Waals surface area contributed by atoms with Gasteiger partial charge in [-0.3, -0.25) is 14.7 Å². The zero-order chi connectivity index (χ0) is 20.9. The summed E-state index contributed by atoms with van der Waals surface area (Å²) >= 11 is 7.00. The predicted molar refractivity (Wildman–Crippen MR) is 115 cm³/mol. The summed E-state index contributed by atoms with van der Waals surface area (Å²) in [4.78, 5) is 16.8. The lowest BCUT2D eigenvalue weighted by atomic mass is 10.2. The molecule has 30 heavy (non-hydrogen) atoms. The van der Waals surface area contributed by atoms with E-state index in [1.807, 2.05) is 30.3 Å². The number of anilines is 1. The molecule has 9 heteroatoms. The zero-order valence-electron chi connectivity index (χ0n) is 15.4. The fourth-order valence-corrected chi connectivity index (χ4v) is 3.38. The van der Waals surface area contributed by atoms with E-state index in [2.05, 4.69) is 26.4 Å². The number of imidazole rings is 1. The van der Waals surface area contributed by atoms with Gasteiger partial charge < -0.3 is 4.74 Å². The molecule has 2 heterocycles. The van der Waals surface area contributed by atoms with Gasteiger partial charge in [0.2, 0.25) is 5.13 Å². The van der Waals surface area contributed by atoms with Gasteiger partial charge in [0, 0.05) is 10.6 Å². The standard InChI is InChI=1S/C21H14ClN5O2S/c1-2-15-5-3-4-6-17(15)27-13-23-11-18(27)19(28)24-20-25-26-21(30-20)29-12-14-7-9-16(22)10-8-14/h1,3-11,13H,12H2,(H,24,25,28). The molecule has 0 radical (unpaired) electrons. The van der Waals surface area contributed by atoms with Crippen LogP contribution in [0.4, 0.5) is 5.13 Å². The number of nitrogens with one attached hydrogen (secondary N) is 1. The molecule has 0 aliphatic rings. The second-order valence-electron chi connectivity index (χ2n) is 6.05. The number of hydrogen-bond donors (Lipinski definition) is 1. The Morgan fingerprint density at radius 3 is 2.80 bits per heavy atom. The van der Waals surface area contributed by atoms with Gasteiger partial charge in [-0.25, -0.2) is 4.98 Å². The highest BCUT2D eigenvalue weighted by Gasteiger charge is 2.17. The molecule has 2 aromatic heterocycles. The topological polar surface area (TPSA) is 81.9 Å². The lowest BCUT2D eigenvalue weighted by Crippen LogP contribution is -2.16. The lowest BCUT2D eigenvalue weighted by Gasteiger charge is -2.09. The van der Waals surface area contributed by atoms with Crippen LogP contribution < -0.4 is 10.1 Å². The molecule has 0 spiro atoms. The fourth-order valence-electron chi connectivity index (χ4n) is 2.67. The van der Waals surface area contributed by atoms with E-state index in [0.717, 1.165) is 16.9 Å². The second kappa shape index (κ2) is 8.78. The van der Waals surface area contributed by atoms with Crippen LogP contribution in [0.5, 0.6) is 5.19 Å². The molecule has 2 aromatic carbocycles. The number of amides is 1. The van der Waals surface area contributed by atoms with Gasteiger partial charge in [0.05, 0.1) is 18.2 Å². The second-order valence-corrected chi connectivity index (χ2v) is 7.43. The van der Waals surface area contributed by atoms with E-state index in [4.69, 9.17) is 22.8 Å². The van der Waals surface area contributed by atoms with Gasteiger partial charge in [-0.2, -0.15) is 0 Å². The van der Waals surface area contributed by atoms with Crippen LogP contribution in [0.1, 0.15) is 21.6 Å². The molecule has 7 nitrogen and oxygen atoms in total. The highest BCUT2D eigenvalue weighted by atomic mass is 35.5. The van der Waals surface area contributed by atoms with Crippen LogP contribution in [0, 0.1) is 12.3 Å². The minimum Gasteiger partial charge on any atom is -0.464 e. The number of carbonyl (C=O) groups excluding carboxylic acids is 1. The van der Waals surface area contributed by atoms with Gasteiger partial charge in [-0.15, -0.1) is 11.5 Å². The molecular weight excluding hydrogens is 422 g/mol. The van der Waals surface area contributed by atoms with Gasteiger partial charge in [0.15, 0.2) is 0 Å². The van der Waals surface area contributed by atoms with E-state index in [1.54, 1.807) is 22.8 Å². The van der Waals surface area contributed by atoms with Crippen molar-refractivity contribution >= 4 is 34.0 Å². The van der Waals surface area contributed by atoms with E-state index in [9.17, 15) is 4.79 Å². The van der Waals surface area contributed by atoms with Crippen LogP contribution in [0.2, 0.25) is 5.02 Å². The van der Waals surface area contributed by atoms with E-state index in [1.165, 1.54) is 12.5 Å². The summed E-state index contributed by atoms with van der Waals surface area (Å²) in [6.45, 7) is 0.315. The van der Waals surface area contributed by atoms with Crippen molar-refractivity contribution in [3.8, 4) is 23.2 Å². The Balaban J connectivity index is 1.45. The van der Waals surface area contributed by atoms with Crippen molar-refractivity contribution < 1.29 is 9.53 Å². The number of hydrogen-bond acceptors (Lipinski definition) is 6. The molecule has 0 aliphatic carbocycles. The van der Waals surface area contributed by atoms with Crippen LogP contribution in [0.25, 0.3) is 5.69 Å². The van der Waals surface area contributed by atoms with Gasteiger partial charge in [0.1, 0.15) is 12.3 Å². The van der Waals surface area contributed by atoms with Crippen LogP contribution in [0.15, 0.2) is 61.1 Å². The summed E-state index contributed by atoms with van der Waals surface area (Å²) in [6, 6.07) is 14.6.